The molecule has 0 rings (SSSR count). The van der Waals surface area contributed by atoms with Crippen LogP contribution in [0.4, 0.5) is 0 Å². The molecule has 0 saturated carbocycles. The van der Waals surface area contributed by atoms with Gasteiger partial charge in [0, 0.05) is 24.6 Å². The summed E-state index contributed by atoms with van der Waals surface area (Å²) < 4.78 is 4.85. The molecule has 0 atom stereocenters. The summed E-state index contributed by atoms with van der Waals surface area (Å²) >= 11 is 3.93. The summed E-state index contributed by atoms with van der Waals surface area (Å²) in [5.41, 5.74) is 0. The number of rotatable bonds is 9. The second kappa shape index (κ2) is 10.7. The molecule has 100 valence electrons. The van der Waals surface area contributed by atoms with Crippen LogP contribution in [0.5, 0.6) is 0 Å². The first-order valence-electron chi connectivity index (χ1n) is 5.62. The van der Waals surface area contributed by atoms with Crippen LogP contribution in [0.15, 0.2) is 35.9 Å². The number of nitrogens with zero attached hydrogens (tertiary/aromatic N) is 1. The minimum Gasteiger partial charge on any atom is -0.463 e. The lowest BCUT2D eigenvalue weighted by atomic mass is 10.3. The Morgan fingerprint density at radius 3 is 2.78 bits per heavy atom. The van der Waals surface area contributed by atoms with Crippen LogP contribution < -0.4 is 0 Å². The van der Waals surface area contributed by atoms with E-state index in [0.29, 0.717) is 17.8 Å². The van der Waals surface area contributed by atoms with E-state index < -0.39 is 0 Å². The van der Waals surface area contributed by atoms with Gasteiger partial charge >= 0.3 is 5.97 Å². The molecule has 0 aromatic heterocycles. The molecule has 0 spiro atoms. The van der Waals surface area contributed by atoms with E-state index in [-0.39, 0.29) is 5.97 Å². The zero-order valence-electron chi connectivity index (χ0n) is 10.5. The summed E-state index contributed by atoms with van der Waals surface area (Å²) in [4.78, 5) is 23.4. The number of hydrogen-bond donors (Lipinski definition) is 1. The zero-order chi connectivity index (χ0) is 13.8. The van der Waals surface area contributed by atoms with Gasteiger partial charge in [0.1, 0.15) is 0 Å². The van der Waals surface area contributed by atoms with Crippen molar-refractivity contribution in [3.05, 3.63) is 35.9 Å². The van der Waals surface area contributed by atoms with Crippen LogP contribution in [0.25, 0.3) is 0 Å². The lowest BCUT2D eigenvalue weighted by Crippen LogP contribution is -2.13. The first kappa shape index (κ1) is 16.5. The fourth-order valence-electron chi connectivity index (χ4n) is 1.10. The lowest BCUT2D eigenvalue weighted by molar-refractivity contribution is -0.137. The standard InChI is InChI=1S/C13H19NO3S/c1-3-13(16)17-10-5-4-8-14(2)9-6-7-12(18)11-15/h3,6-7,9,11,18H,1,4-5,8,10H2,2H3/b9-6+,12-7+. The molecule has 0 aliphatic heterocycles. The second-order valence-electron chi connectivity index (χ2n) is 3.61. The average Bonchev–Trinajstić information content (AvgIpc) is 2.37. The summed E-state index contributed by atoms with van der Waals surface area (Å²) in [5, 5.41) is 0. The monoisotopic (exact) mass is 269 g/mol. The zero-order valence-corrected chi connectivity index (χ0v) is 11.4. The van der Waals surface area contributed by atoms with Crippen molar-refractivity contribution < 1.29 is 14.3 Å². The average molecular weight is 269 g/mol. The quantitative estimate of drug-likeness (QED) is 0.174. The van der Waals surface area contributed by atoms with Gasteiger partial charge < -0.3 is 9.64 Å². The number of esters is 1. The van der Waals surface area contributed by atoms with E-state index >= 15 is 0 Å². The molecule has 0 fully saturated rings. The van der Waals surface area contributed by atoms with E-state index in [2.05, 4.69) is 19.2 Å². The topological polar surface area (TPSA) is 46.6 Å². The maximum atomic E-state index is 10.7. The first-order valence-corrected chi connectivity index (χ1v) is 6.07. The van der Waals surface area contributed by atoms with Gasteiger partial charge in [-0.25, -0.2) is 4.79 Å². The number of thiol groups is 1. The van der Waals surface area contributed by atoms with Crippen LogP contribution >= 0.6 is 12.6 Å². The number of carbonyl (C=O) groups is 2. The highest BCUT2D eigenvalue weighted by Crippen LogP contribution is 1.98. The molecule has 0 bridgehead atoms. The molecular weight excluding hydrogens is 250 g/mol. The molecule has 0 saturated heterocycles. The normalized spacial score (nSPS) is 11.3. The fraction of sp³-hybridized carbons (Fsp3) is 0.385. The molecule has 5 heteroatoms. The molecule has 0 amide bonds. The summed E-state index contributed by atoms with van der Waals surface area (Å²) in [5.74, 6) is -0.386. The Bertz CT molecular complexity index is 337. The third kappa shape index (κ3) is 9.72. The van der Waals surface area contributed by atoms with E-state index in [1.165, 1.54) is 0 Å². The van der Waals surface area contributed by atoms with Crippen molar-refractivity contribution in [3.63, 3.8) is 0 Å². The van der Waals surface area contributed by atoms with Crippen molar-refractivity contribution in [1.29, 1.82) is 0 Å². The molecule has 18 heavy (non-hydrogen) atoms. The Morgan fingerprint density at radius 1 is 1.44 bits per heavy atom. The van der Waals surface area contributed by atoms with Gasteiger partial charge in [0.2, 0.25) is 0 Å². The van der Waals surface area contributed by atoms with Crippen molar-refractivity contribution >= 4 is 24.9 Å². The maximum absolute atomic E-state index is 10.7. The third-order valence-corrected chi connectivity index (χ3v) is 2.30. The number of aldehydes is 1. The summed E-state index contributed by atoms with van der Waals surface area (Å²) in [6.45, 7) is 4.57. The number of allylic oxidation sites excluding steroid dienone is 3. The largest absolute Gasteiger partial charge is 0.463 e. The van der Waals surface area contributed by atoms with Gasteiger partial charge in [0.25, 0.3) is 0 Å². The molecule has 0 N–H and O–H groups in total. The third-order valence-electron chi connectivity index (χ3n) is 2.04. The molecule has 0 aromatic rings. The van der Waals surface area contributed by atoms with Crippen molar-refractivity contribution in [2.45, 2.75) is 12.8 Å². The molecular formula is C13H19NO3S. The van der Waals surface area contributed by atoms with Crippen molar-refractivity contribution in [2.75, 3.05) is 20.2 Å². The van der Waals surface area contributed by atoms with Crippen molar-refractivity contribution in [1.82, 2.24) is 4.90 Å². The molecule has 4 nitrogen and oxygen atoms in total. The van der Waals surface area contributed by atoms with Gasteiger partial charge in [-0.05, 0) is 31.2 Å². The Hall–Kier alpha value is -1.49. The van der Waals surface area contributed by atoms with E-state index in [1.54, 1.807) is 12.2 Å². The summed E-state index contributed by atoms with van der Waals surface area (Å²) in [7, 11) is 1.93. The fourth-order valence-corrected chi connectivity index (χ4v) is 1.18. The Morgan fingerprint density at radius 2 is 2.17 bits per heavy atom. The van der Waals surface area contributed by atoms with Crippen LogP contribution in [0.3, 0.4) is 0 Å². The molecule has 0 aromatic carbocycles. The van der Waals surface area contributed by atoms with Crippen LogP contribution in [0.1, 0.15) is 12.8 Å². The van der Waals surface area contributed by atoms with Crippen molar-refractivity contribution in [2.24, 2.45) is 0 Å². The SMILES string of the molecule is C=CC(=O)OCCCCN(C)/C=C/C=C(/S)C=O. The van der Waals surface area contributed by atoms with Gasteiger partial charge in [-0.15, -0.1) is 12.6 Å². The van der Waals surface area contributed by atoms with Crippen LogP contribution in [-0.4, -0.2) is 37.4 Å². The van der Waals surface area contributed by atoms with Gasteiger partial charge in [-0.3, -0.25) is 4.79 Å². The number of unbranched alkanes of at least 4 members (excludes halogenated alkanes) is 1. The maximum Gasteiger partial charge on any atom is 0.330 e. The van der Waals surface area contributed by atoms with Crippen LogP contribution in [0, 0.1) is 0 Å². The van der Waals surface area contributed by atoms with E-state index in [0.717, 1.165) is 25.5 Å². The number of hydrogen-bond acceptors (Lipinski definition) is 5. The van der Waals surface area contributed by atoms with Gasteiger partial charge in [0.05, 0.1) is 6.61 Å². The molecule has 0 aliphatic carbocycles. The Kier molecular flexibility index (Phi) is 9.77. The Balaban J connectivity index is 3.65. The minimum atomic E-state index is -0.386. The smallest absolute Gasteiger partial charge is 0.330 e. The van der Waals surface area contributed by atoms with Crippen LogP contribution in [-0.2, 0) is 14.3 Å². The molecule has 0 radical (unpaired) electrons. The highest BCUT2D eigenvalue weighted by atomic mass is 32.1. The second-order valence-corrected chi connectivity index (χ2v) is 4.13. The van der Waals surface area contributed by atoms with Gasteiger partial charge in [0.15, 0.2) is 6.29 Å². The minimum absolute atomic E-state index is 0.385. The first-order chi connectivity index (χ1) is 8.60. The highest BCUT2D eigenvalue weighted by molar-refractivity contribution is 7.85. The van der Waals surface area contributed by atoms with E-state index in [1.807, 2.05) is 18.1 Å². The van der Waals surface area contributed by atoms with Gasteiger partial charge in [-0.1, -0.05) is 6.58 Å². The van der Waals surface area contributed by atoms with E-state index in [4.69, 9.17) is 4.74 Å². The van der Waals surface area contributed by atoms with Gasteiger partial charge in [-0.2, -0.15) is 0 Å². The number of ether oxygens (including phenoxy) is 1. The molecule has 0 aliphatic rings. The lowest BCUT2D eigenvalue weighted by Gasteiger charge is -2.12. The van der Waals surface area contributed by atoms with E-state index in [9.17, 15) is 9.59 Å². The Labute approximate surface area is 113 Å². The highest BCUT2D eigenvalue weighted by Gasteiger charge is 1.96. The van der Waals surface area contributed by atoms with Crippen molar-refractivity contribution in [3.8, 4) is 0 Å². The predicted octanol–water partition coefficient (Wildman–Crippen LogP) is 1.95. The molecule has 0 heterocycles. The summed E-state index contributed by atoms with van der Waals surface area (Å²) in [6, 6.07) is 0. The summed E-state index contributed by atoms with van der Waals surface area (Å²) in [6.07, 6.45) is 8.79. The predicted molar refractivity (Wildman–Crippen MR) is 75.3 cm³/mol. The van der Waals surface area contributed by atoms with Crippen LogP contribution in [0.2, 0.25) is 0 Å². The number of carbonyl (C=O) groups excluding carboxylic acids is 2. The molecule has 0 unspecified atom stereocenters.